The van der Waals surface area contributed by atoms with E-state index in [1.165, 1.54) is 11.3 Å². The SMILES string of the molecule is Cl.NC1CCC(C(=O)Nc2ccc(Sc3nncs3)cc2)C1. The number of amides is 1. The summed E-state index contributed by atoms with van der Waals surface area (Å²) in [5, 5.41) is 10.8. The van der Waals surface area contributed by atoms with Crippen LogP contribution in [-0.4, -0.2) is 22.1 Å². The van der Waals surface area contributed by atoms with Crippen LogP contribution < -0.4 is 11.1 Å². The van der Waals surface area contributed by atoms with Crippen molar-refractivity contribution in [3.8, 4) is 0 Å². The summed E-state index contributed by atoms with van der Waals surface area (Å²) < 4.78 is 0.909. The fraction of sp³-hybridized carbons (Fsp3) is 0.357. The third-order valence-electron chi connectivity index (χ3n) is 3.51. The zero-order valence-corrected chi connectivity index (χ0v) is 14.2. The molecule has 118 valence electrons. The lowest BCUT2D eigenvalue weighted by Crippen LogP contribution is -2.23. The Labute approximate surface area is 143 Å². The number of rotatable bonds is 4. The Morgan fingerprint density at radius 1 is 1.32 bits per heavy atom. The molecule has 2 aromatic rings. The number of carbonyl (C=O) groups is 1. The summed E-state index contributed by atoms with van der Waals surface area (Å²) in [6, 6.07) is 7.95. The lowest BCUT2D eigenvalue weighted by Gasteiger charge is -2.11. The largest absolute Gasteiger partial charge is 0.328 e. The van der Waals surface area contributed by atoms with Gasteiger partial charge in [-0.15, -0.1) is 22.6 Å². The van der Waals surface area contributed by atoms with Gasteiger partial charge >= 0.3 is 0 Å². The molecule has 0 aliphatic heterocycles. The molecular formula is C14H17ClN4OS2. The van der Waals surface area contributed by atoms with E-state index in [0.29, 0.717) is 0 Å². The predicted octanol–water partition coefficient (Wildman–Crippen LogP) is 3.18. The Morgan fingerprint density at radius 2 is 2.09 bits per heavy atom. The lowest BCUT2D eigenvalue weighted by molar-refractivity contribution is -0.119. The van der Waals surface area contributed by atoms with E-state index in [4.69, 9.17) is 5.73 Å². The van der Waals surface area contributed by atoms with Crippen LogP contribution in [0.2, 0.25) is 0 Å². The van der Waals surface area contributed by atoms with Gasteiger partial charge in [0.1, 0.15) is 5.51 Å². The molecule has 1 amide bonds. The molecule has 2 atom stereocenters. The molecule has 5 nitrogen and oxygen atoms in total. The van der Waals surface area contributed by atoms with Crippen molar-refractivity contribution in [3.63, 3.8) is 0 Å². The van der Waals surface area contributed by atoms with E-state index in [2.05, 4.69) is 15.5 Å². The van der Waals surface area contributed by atoms with Crippen molar-refractivity contribution >= 4 is 47.1 Å². The number of hydrogen-bond acceptors (Lipinski definition) is 6. The Hall–Kier alpha value is -1.15. The van der Waals surface area contributed by atoms with Gasteiger partial charge in [-0.05, 0) is 43.5 Å². The second kappa shape index (κ2) is 7.92. The van der Waals surface area contributed by atoms with Crippen molar-refractivity contribution in [3.05, 3.63) is 29.8 Å². The van der Waals surface area contributed by atoms with Gasteiger partial charge in [0.15, 0.2) is 4.34 Å². The maximum atomic E-state index is 12.1. The van der Waals surface area contributed by atoms with E-state index in [-0.39, 0.29) is 30.3 Å². The van der Waals surface area contributed by atoms with Gasteiger partial charge in [0.05, 0.1) is 0 Å². The van der Waals surface area contributed by atoms with Gasteiger partial charge < -0.3 is 11.1 Å². The van der Waals surface area contributed by atoms with E-state index in [1.54, 1.807) is 17.3 Å². The second-order valence-electron chi connectivity index (χ2n) is 5.09. The highest BCUT2D eigenvalue weighted by atomic mass is 35.5. The monoisotopic (exact) mass is 356 g/mol. The van der Waals surface area contributed by atoms with Gasteiger partial charge in [0.2, 0.25) is 5.91 Å². The smallest absolute Gasteiger partial charge is 0.227 e. The number of carbonyl (C=O) groups excluding carboxylic acids is 1. The number of nitrogens with two attached hydrogens (primary N) is 1. The summed E-state index contributed by atoms with van der Waals surface area (Å²) in [6.45, 7) is 0. The standard InChI is InChI=1S/C14H16N4OS2.ClH/c15-10-2-1-9(7-10)13(19)17-11-3-5-12(6-4-11)21-14-18-16-8-20-14;/h3-6,8-10H,1-2,7,15H2,(H,17,19);1H. The van der Waals surface area contributed by atoms with Gasteiger partial charge in [-0.1, -0.05) is 23.1 Å². The topological polar surface area (TPSA) is 80.9 Å². The van der Waals surface area contributed by atoms with Crippen LogP contribution in [-0.2, 0) is 4.79 Å². The van der Waals surface area contributed by atoms with Crippen LogP contribution in [0.3, 0.4) is 0 Å². The highest BCUT2D eigenvalue weighted by Gasteiger charge is 2.27. The Kier molecular flexibility index (Phi) is 6.19. The molecule has 1 aliphatic carbocycles. The fourth-order valence-corrected chi connectivity index (χ4v) is 3.86. The maximum Gasteiger partial charge on any atom is 0.227 e. The minimum Gasteiger partial charge on any atom is -0.328 e. The van der Waals surface area contributed by atoms with E-state index in [0.717, 1.165) is 34.2 Å². The highest BCUT2D eigenvalue weighted by Crippen LogP contribution is 2.30. The Morgan fingerprint density at radius 3 is 2.68 bits per heavy atom. The van der Waals surface area contributed by atoms with Crippen LogP contribution in [0.5, 0.6) is 0 Å². The van der Waals surface area contributed by atoms with E-state index < -0.39 is 0 Å². The second-order valence-corrected chi connectivity index (χ2v) is 7.24. The highest BCUT2D eigenvalue weighted by molar-refractivity contribution is 8.01. The van der Waals surface area contributed by atoms with Gasteiger partial charge in [0, 0.05) is 22.5 Å². The van der Waals surface area contributed by atoms with Crippen molar-refractivity contribution in [2.45, 2.75) is 34.5 Å². The van der Waals surface area contributed by atoms with E-state index in [1.807, 2.05) is 24.3 Å². The van der Waals surface area contributed by atoms with E-state index >= 15 is 0 Å². The molecule has 0 radical (unpaired) electrons. The van der Waals surface area contributed by atoms with Crippen LogP contribution >= 0.6 is 35.5 Å². The molecule has 1 saturated carbocycles. The number of nitrogens with one attached hydrogen (secondary N) is 1. The summed E-state index contributed by atoms with van der Waals surface area (Å²) in [6.07, 6.45) is 2.62. The molecule has 3 N–H and O–H groups in total. The van der Waals surface area contributed by atoms with Gasteiger partial charge in [0.25, 0.3) is 0 Å². The fourth-order valence-electron chi connectivity index (χ4n) is 2.41. The van der Waals surface area contributed by atoms with Crippen molar-refractivity contribution in [1.82, 2.24) is 10.2 Å². The Bertz CT molecular complexity index is 606. The molecule has 1 aliphatic rings. The quantitative estimate of drug-likeness (QED) is 0.879. The predicted molar refractivity (Wildman–Crippen MR) is 91.7 cm³/mol. The number of aromatic nitrogens is 2. The molecule has 3 rings (SSSR count). The summed E-state index contributed by atoms with van der Waals surface area (Å²) in [5.74, 6) is 0.128. The first-order chi connectivity index (χ1) is 10.2. The molecule has 2 unspecified atom stereocenters. The Balaban J connectivity index is 0.00000176. The van der Waals surface area contributed by atoms with Crippen molar-refractivity contribution < 1.29 is 4.79 Å². The molecule has 1 aromatic heterocycles. The summed E-state index contributed by atoms with van der Waals surface area (Å²) >= 11 is 3.07. The normalized spacial score (nSPS) is 20.4. The zero-order chi connectivity index (χ0) is 14.7. The van der Waals surface area contributed by atoms with Crippen molar-refractivity contribution in [1.29, 1.82) is 0 Å². The average Bonchev–Trinajstić information content (AvgIpc) is 3.12. The first-order valence-corrected chi connectivity index (χ1v) is 8.51. The third kappa shape index (κ3) is 4.42. The first-order valence-electron chi connectivity index (χ1n) is 6.81. The lowest BCUT2D eigenvalue weighted by atomic mass is 10.1. The number of anilines is 1. The number of halogens is 1. The van der Waals surface area contributed by atoms with Crippen LogP contribution in [0, 0.1) is 5.92 Å². The molecule has 1 heterocycles. The van der Waals surface area contributed by atoms with Gasteiger partial charge in [-0.25, -0.2) is 0 Å². The van der Waals surface area contributed by atoms with Crippen molar-refractivity contribution in [2.75, 3.05) is 5.32 Å². The van der Waals surface area contributed by atoms with Gasteiger partial charge in [-0.3, -0.25) is 4.79 Å². The number of benzene rings is 1. The van der Waals surface area contributed by atoms with Crippen LogP contribution in [0.15, 0.2) is 39.0 Å². The van der Waals surface area contributed by atoms with Gasteiger partial charge in [-0.2, -0.15) is 0 Å². The molecule has 0 saturated heterocycles. The summed E-state index contributed by atoms with van der Waals surface area (Å²) in [4.78, 5) is 13.2. The summed E-state index contributed by atoms with van der Waals surface area (Å²) in [7, 11) is 0. The zero-order valence-electron chi connectivity index (χ0n) is 11.8. The molecular weight excluding hydrogens is 340 g/mol. The van der Waals surface area contributed by atoms with Crippen LogP contribution in [0.25, 0.3) is 0 Å². The average molecular weight is 357 g/mol. The molecule has 1 fully saturated rings. The van der Waals surface area contributed by atoms with Crippen LogP contribution in [0.1, 0.15) is 19.3 Å². The molecule has 1 aromatic carbocycles. The maximum absolute atomic E-state index is 12.1. The van der Waals surface area contributed by atoms with Crippen LogP contribution in [0.4, 0.5) is 5.69 Å². The molecule has 0 bridgehead atoms. The number of nitrogens with zero attached hydrogens (tertiary/aromatic N) is 2. The summed E-state index contributed by atoms with van der Waals surface area (Å²) in [5.41, 5.74) is 8.38. The van der Waals surface area contributed by atoms with Crippen molar-refractivity contribution in [2.24, 2.45) is 11.7 Å². The molecule has 8 heteroatoms. The number of hydrogen-bond donors (Lipinski definition) is 2. The minimum atomic E-state index is 0. The first kappa shape index (κ1) is 17.2. The van der Waals surface area contributed by atoms with E-state index in [9.17, 15) is 4.79 Å². The molecule has 0 spiro atoms. The molecule has 22 heavy (non-hydrogen) atoms. The minimum absolute atomic E-state index is 0. The third-order valence-corrected chi connectivity index (χ3v) is 5.30.